The summed E-state index contributed by atoms with van der Waals surface area (Å²) >= 11 is 0. The average Bonchev–Trinajstić information content (AvgIpc) is 3.21. The number of carbonyl (C=O) groups is 1. The molecule has 0 amide bonds. The number of hydrogen-bond acceptors (Lipinski definition) is 5. The monoisotopic (exact) mass is 384 g/mol. The predicted molar refractivity (Wildman–Crippen MR) is 110 cm³/mol. The molecule has 0 unspecified atom stereocenters. The molecule has 0 spiro atoms. The molecular formula is C24H20N2O3. The Balaban J connectivity index is 1.38. The number of ether oxygens (including phenoxy) is 1. The minimum absolute atomic E-state index is 0.434. The van der Waals surface area contributed by atoms with Crippen LogP contribution in [0, 0.1) is 6.92 Å². The van der Waals surface area contributed by atoms with Gasteiger partial charge in [0, 0.05) is 17.5 Å². The van der Waals surface area contributed by atoms with Crippen molar-refractivity contribution in [2.75, 3.05) is 0 Å². The van der Waals surface area contributed by atoms with E-state index in [-0.39, 0.29) is 0 Å². The van der Waals surface area contributed by atoms with Crippen molar-refractivity contribution in [1.29, 1.82) is 0 Å². The van der Waals surface area contributed by atoms with Crippen molar-refractivity contribution in [3.05, 3.63) is 101 Å². The third kappa shape index (κ3) is 4.76. The molecule has 3 aromatic carbocycles. The molecule has 0 aliphatic carbocycles. The lowest BCUT2D eigenvalue weighted by atomic mass is 10.1. The first-order chi connectivity index (χ1) is 14.2. The van der Waals surface area contributed by atoms with E-state index in [0.29, 0.717) is 30.3 Å². The minimum atomic E-state index is 0.434. The van der Waals surface area contributed by atoms with Gasteiger partial charge in [-0.05, 0) is 54.4 Å². The molecule has 5 nitrogen and oxygen atoms in total. The van der Waals surface area contributed by atoms with E-state index in [4.69, 9.17) is 9.26 Å². The summed E-state index contributed by atoms with van der Waals surface area (Å²) in [7, 11) is 0. The van der Waals surface area contributed by atoms with Gasteiger partial charge in [0.05, 0.1) is 0 Å². The number of carbonyl (C=O) groups excluding carboxylic acids is 1. The summed E-state index contributed by atoms with van der Waals surface area (Å²) in [5.41, 5.74) is 4.89. The first-order valence-corrected chi connectivity index (χ1v) is 9.35. The predicted octanol–water partition coefficient (Wildman–Crippen LogP) is 5.03. The molecule has 1 aromatic heterocycles. The Hall–Kier alpha value is -3.73. The van der Waals surface area contributed by atoms with Gasteiger partial charge < -0.3 is 9.26 Å². The zero-order valence-electron chi connectivity index (χ0n) is 16.0. The van der Waals surface area contributed by atoms with Gasteiger partial charge in [0.25, 0.3) is 5.89 Å². The van der Waals surface area contributed by atoms with Gasteiger partial charge in [0.15, 0.2) is 5.82 Å². The molecular weight excluding hydrogens is 364 g/mol. The Morgan fingerprint density at radius 2 is 1.76 bits per heavy atom. The quantitative estimate of drug-likeness (QED) is 0.418. The Morgan fingerprint density at radius 1 is 0.966 bits per heavy atom. The van der Waals surface area contributed by atoms with E-state index in [1.807, 2.05) is 30.3 Å². The van der Waals surface area contributed by atoms with Crippen molar-refractivity contribution >= 4 is 6.29 Å². The molecule has 0 N–H and O–H groups in total. The standard InChI is InChI=1S/C24H20N2O3/c1-17-3-2-4-20(13-17)14-23-25-24(29-26-23)21-9-5-19(6-10-21)16-28-22-11-7-18(15-27)8-12-22/h2-13,15H,14,16H2,1H3. The summed E-state index contributed by atoms with van der Waals surface area (Å²) in [6.07, 6.45) is 1.45. The van der Waals surface area contributed by atoms with Crippen LogP contribution in [0.2, 0.25) is 0 Å². The number of aromatic nitrogens is 2. The SMILES string of the molecule is Cc1cccc(Cc2noc(-c3ccc(COc4ccc(C=O)cc4)cc3)n2)c1. The molecule has 5 heteroatoms. The fourth-order valence-electron chi connectivity index (χ4n) is 3.00. The number of rotatable bonds is 7. The normalized spacial score (nSPS) is 10.7. The molecule has 0 radical (unpaired) electrons. The van der Waals surface area contributed by atoms with E-state index in [2.05, 4.69) is 35.3 Å². The lowest BCUT2D eigenvalue weighted by molar-refractivity contribution is 0.112. The summed E-state index contributed by atoms with van der Waals surface area (Å²) in [4.78, 5) is 15.2. The highest BCUT2D eigenvalue weighted by atomic mass is 16.5. The summed E-state index contributed by atoms with van der Waals surface area (Å²) in [6.45, 7) is 2.50. The van der Waals surface area contributed by atoms with Crippen LogP contribution in [0.15, 0.2) is 77.3 Å². The van der Waals surface area contributed by atoms with Gasteiger partial charge in [0.2, 0.25) is 0 Å². The summed E-state index contributed by atoms with van der Waals surface area (Å²) in [6, 6.07) is 23.1. The molecule has 0 bridgehead atoms. The topological polar surface area (TPSA) is 65.2 Å². The highest BCUT2D eigenvalue weighted by Gasteiger charge is 2.10. The smallest absolute Gasteiger partial charge is 0.257 e. The number of benzene rings is 3. The molecule has 29 heavy (non-hydrogen) atoms. The van der Waals surface area contributed by atoms with E-state index >= 15 is 0 Å². The molecule has 0 aliphatic rings. The van der Waals surface area contributed by atoms with Crippen LogP contribution >= 0.6 is 0 Å². The lowest BCUT2D eigenvalue weighted by Crippen LogP contribution is -1.95. The van der Waals surface area contributed by atoms with Gasteiger partial charge >= 0.3 is 0 Å². The van der Waals surface area contributed by atoms with Crippen LogP contribution in [0.5, 0.6) is 5.75 Å². The van der Waals surface area contributed by atoms with Gasteiger partial charge in [-0.2, -0.15) is 4.98 Å². The van der Waals surface area contributed by atoms with Crippen LogP contribution in [-0.4, -0.2) is 16.4 Å². The van der Waals surface area contributed by atoms with Gasteiger partial charge in [-0.3, -0.25) is 4.79 Å². The van der Waals surface area contributed by atoms with Crippen LogP contribution in [-0.2, 0) is 13.0 Å². The first-order valence-electron chi connectivity index (χ1n) is 9.35. The van der Waals surface area contributed by atoms with E-state index < -0.39 is 0 Å². The first kappa shape index (κ1) is 18.6. The fraction of sp³-hybridized carbons (Fsp3) is 0.125. The second-order valence-corrected chi connectivity index (χ2v) is 6.85. The molecule has 0 saturated heterocycles. The van der Waals surface area contributed by atoms with Crippen molar-refractivity contribution in [3.8, 4) is 17.2 Å². The van der Waals surface area contributed by atoms with E-state index in [0.717, 1.165) is 28.7 Å². The Labute approximate surface area is 169 Å². The van der Waals surface area contributed by atoms with E-state index in [1.54, 1.807) is 24.3 Å². The molecule has 0 saturated carbocycles. The Bertz CT molecular complexity index is 1100. The van der Waals surface area contributed by atoms with Crippen LogP contribution in [0.1, 0.15) is 32.9 Å². The van der Waals surface area contributed by atoms with Crippen molar-refractivity contribution in [1.82, 2.24) is 10.1 Å². The highest BCUT2D eigenvalue weighted by Crippen LogP contribution is 2.20. The van der Waals surface area contributed by atoms with Crippen molar-refractivity contribution in [2.24, 2.45) is 0 Å². The average molecular weight is 384 g/mol. The summed E-state index contributed by atoms with van der Waals surface area (Å²) in [5.74, 6) is 1.89. The van der Waals surface area contributed by atoms with Crippen molar-refractivity contribution < 1.29 is 14.1 Å². The Kier molecular flexibility index (Phi) is 5.47. The summed E-state index contributed by atoms with van der Waals surface area (Å²) in [5, 5.41) is 4.09. The van der Waals surface area contributed by atoms with Gasteiger partial charge in [-0.25, -0.2) is 0 Å². The number of aldehydes is 1. The van der Waals surface area contributed by atoms with Crippen molar-refractivity contribution in [2.45, 2.75) is 20.0 Å². The maximum atomic E-state index is 10.7. The van der Waals surface area contributed by atoms with E-state index in [1.165, 1.54) is 5.56 Å². The maximum absolute atomic E-state index is 10.7. The van der Waals surface area contributed by atoms with E-state index in [9.17, 15) is 4.79 Å². The second kappa shape index (κ2) is 8.52. The van der Waals surface area contributed by atoms with Crippen molar-refractivity contribution in [3.63, 3.8) is 0 Å². The largest absolute Gasteiger partial charge is 0.489 e. The maximum Gasteiger partial charge on any atom is 0.257 e. The second-order valence-electron chi connectivity index (χ2n) is 6.85. The number of nitrogens with zero attached hydrogens (tertiary/aromatic N) is 2. The minimum Gasteiger partial charge on any atom is -0.489 e. The van der Waals surface area contributed by atoms with Crippen LogP contribution < -0.4 is 4.74 Å². The zero-order chi connectivity index (χ0) is 20.1. The highest BCUT2D eigenvalue weighted by molar-refractivity contribution is 5.74. The molecule has 0 atom stereocenters. The fourth-order valence-corrected chi connectivity index (χ4v) is 3.00. The molecule has 0 aliphatic heterocycles. The third-order valence-electron chi connectivity index (χ3n) is 4.54. The molecule has 144 valence electrons. The number of aryl methyl sites for hydroxylation is 1. The van der Waals surface area contributed by atoms with Gasteiger partial charge in [-0.1, -0.05) is 47.1 Å². The Morgan fingerprint density at radius 3 is 2.48 bits per heavy atom. The third-order valence-corrected chi connectivity index (χ3v) is 4.54. The number of hydrogen-bond donors (Lipinski definition) is 0. The zero-order valence-corrected chi connectivity index (χ0v) is 16.0. The molecule has 4 rings (SSSR count). The lowest BCUT2D eigenvalue weighted by Gasteiger charge is -2.06. The molecule has 4 aromatic rings. The van der Waals surface area contributed by atoms with Crippen LogP contribution in [0.25, 0.3) is 11.5 Å². The van der Waals surface area contributed by atoms with Gasteiger partial charge in [0.1, 0.15) is 18.6 Å². The van der Waals surface area contributed by atoms with Crippen LogP contribution in [0.4, 0.5) is 0 Å². The molecule has 1 heterocycles. The summed E-state index contributed by atoms with van der Waals surface area (Å²) < 4.78 is 11.2. The van der Waals surface area contributed by atoms with Crippen LogP contribution in [0.3, 0.4) is 0 Å². The molecule has 0 fully saturated rings. The van der Waals surface area contributed by atoms with Gasteiger partial charge in [-0.15, -0.1) is 0 Å².